The zero-order chi connectivity index (χ0) is 25.7. The molecule has 3 aromatic rings. The van der Waals surface area contributed by atoms with Gasteiger partial charge in [0.2, 0.25) is 0 Å². The molecule has 0 N–H and O–H groups in total. The maximum absolute atomic E-state index is 13.4. The Morgan fingerprint density at radius 2 is 1.97 bits per heavy atom. The lowest BCUT2D eigenvalue weighted by atomic mass is 9.99. The van der Waals surface area contributed by atoms with Crippen molar-refractivity contribution in [1.82, 2.24) is 14.7 Å². The molecule has 36 heavy (non-hydrogen) atoms. The summed E-state index contributed by atoms with van der Waals surface area (Å²) in [7, 11) is 1.64. The van der Waals surface area contributed by atoms with Crippen molar-refractivity contribution in [3.05, 3.63) is 69.7 Å². The number of thioether (sulfide) groups is 1. The molecule has 0 spiro atoms. The van der Waals surface area contributed by atoms with Crippen LogP contribution in [0.4, 0.5) is 0 Å². The zero-order valence-corrected chi connectivity index (χ0v) is 24.0. The second-order valence-electron chi connectivity index (χ2n) is 8.77. The summed E-state index contributed by atoms with van der Waals surface area (Å²) < 4.78 is 8.71. The van der Waals surface area contributed by atoms with Crippen LogP contribution in [-0.2, 0) is 4.79 Å². The summed E-state index contributed by atoms with van der Waals surface area (Å²) in [6.45, 7) is 5.06. The number of carbonyl (C=O) groups excluding carboxylic acids is 1. The van der Waals surface area contributed by atoms with Gasteiger partial charge in [0.05, 0.1) is 22.2 Å². The Labute approximate surface area is 231 Å². The fourth-order valence-electron chi connectivity index (χ4n) is 4.22. The van der Waals surface area contributed by atoms with Gasteiger partial charge in [0.15, 0.2) is 0 Å². The third-order valence-corrected chi connectivity index (χ3v) is 8.33. The average molecular weight is 585 g/mol. The maximum Gasteiger partial charge on any atom is 0.266 e. The molecule has 0 radical (unpaired) electrons. The first-order valence-electron chi connectivity index (χ1n) is 12.2. The van der Waals surface area contributed by atoms with E-state index in [1.165, 1.54) is 18.2 Å². The van der Waals surface area contributed by atoms with Gasteiger partial charge in [0, 0.05) is 23.9 Å². The van der Waals surface area contributed by atoms with Gasteiger partial charge in [-0.05, 0) is 64.7 Å². The van der Waals surface area contributed by atoms with Crippen molar-refractivity contribution in [3.63, 3.8) is 0 Å². The van der Waals surface area contributed by atoms with E-state index < -0.39 is 0 Å². The summed E-state index contributed by atoms with van der Waals surface area (Å²) in [5, 5.41) is 4.89. The molecule has 1 amide bonds. The molecule has 1 aliphatic heterocycles. The third-order valence-electron chi connectivity index (χ3n) is 6.33. The van der Waals surface area contributed by atoms with Gasteiger partial charge in [-0.3, -0.25) is 9.69 Å². The van der Waals surface area contributed by atoms with Gasteiger partial charge in [-0.1, -0.05) is 75.3 Å². The molecule has 1 fully saturated rings. The van der Waals surface area contributed by atoms with Crippen LogP contribution in [0.25, 0.3) is 23.0 Å². The van der Waals surface area contributed by atoms with E-state index in [0.29, 0.717) is 21.7 Å². The number of nitrogens with zero attached hydrogens (tertiary/aromatic N) is 3. The number of hydrogen-bond acceptors (Lipinski definition) is 5. The van der Waals surface area contributed by atoms with Crippen LogP contribution in [0.1, 0.15) is 45.1 Å². The Kier molecular flexibility index (Phi) is 9.04. The second kappa shape index (κ2) is 12.2. The number of unbranched alkanes of at least 4 members (excludes halogenated alkanes) is 1. The number of carbonyl (C=O) groups is 1. The number of para-hydroxylation sites is 1. The first-order chi connectivity index (χ1) is 17.4. The molecule has 0 aliphatic carbocycles. The summed E-state index contributed by atoms with van der Waals surface area (Å²) in [5.41, 5.74) is 3.50. The average Bonchev–Trinajstić information content (AvgIpc) is 3.43. The van der Waals surface area contributed by atoms with Gasteiger partial charge in [-0.15, -0.1) is 0 Å². The molecule has 0 bridgehead atoms. The lowest BCUT2D eigenvalue weighted by Crippen LogP contribution is -2.33. The van der Waals surface area contributed by atoms with Crippen molar-refractivity contribution in [2.75, 3.05) is 13.7 Å². The SMILES string of the molecule is CCCC[C@H](CC)CN1C(=O)/C(=C/c2cn(-c3ccccc3)nc2-c2ccc(OC)c(Br)c2)SC1=S. The van der Waals surface area contributed by atoms with Crippen LogP contribution in [0.3, 0.4) is 0 Å². The van der Waals surface area contributed by atoms with E-state index >= 15 is 0 Å². The lowest BCUT2D eigenvalue weighted by molar-refractivity contribution is -0.122. The van der Waals surface area contributed by atoms with Gasteiger partial charge in [0.25, 0.3) is 5.91 Å². The number of amides is 1. The lowest BCUT2D eigenvalue weighted by Gasteiger charge is -2.21. The van der Waals surface area contributed by atoms with Crippen LogP contribution < -0.4 is 4.74 Å². The van der Waals surface area contributed by atoms with Crippen molar-refractivity contribution in [2.24, 2.45) is 5.92 Å². The van der Waals surface area contributed by atoms with Crippen LogP contribution in [-0.4, -0.2) is 38.6 Å². The topological polar surface area (TPSA) is 47.4 Å². The molecule has 4 rings (SSSR count). The number of aromatic nitrogens is 2. The largest absolute Gasteiger partial charge is 0.496 e. The van der Waals surface area contributed by atoms with E-state index in [9.17, 15) is 4.79 Å². The summed E-state index contributed by atoms with van der Waals surface area (Å²) in [6, 6.07) is 15.8. The highest BCUT2D eigenvalue weighted by atomic mass is 79.9. The summed E-state index contributed by atoms with van der Waals surface area (Å²) in [5.74, 6) is 1.19. The minimum Gasteiger partial charge on any atom is -0.496 e. The van der Waals surface area contributed by atoms with Crippen LogP contribution in [0.15, 0.2) is 64.1 Å². The standard InChI is InChI=1S/C28H30BrN3O2S2/c1-4-6-10-19(5-2)17-31-27(33)25(36-28(31)35)16-21-18-32(22-11-8-7-9-12-22)30-26(21)20-13-14-24(34-3)23(29)15-20/h7-9,11-16,18-19H,4-6,10,17H2,1-3H3/b25-16-/t19-/m0/s1. The Morgan fingerprint density at radius 1 is 1.19 bits per heavy atom. The predicted molar refractivity (Wildman–Crippen MR) is 156 cm³/mol. The molecule has 1 atom stereocenters. The number of hydrogen-bond donors (Lipinski definition) is 0. The molecule has 8 heteroatoms. The number of benzene rings is 2. The van der Waals surface area contributed by atoms with E-state index in [4.69, 9.17) is 22.1 Å². The summed E-state index contributed by atoms with van der Waals surface area (Å²) in [4.78, 5) is 15.8. The molecular weight excluding hydrogens is 554 g/mol. The van der Waals surface area contributed by atoms with Crippen LogP contribution >= 0.6 is 39.9 Å². The molecule has 5 nitrogen and oxygen atoms in total. The number of halogens is 1. The van der Waals surface area contributed by atoms with E-state index in [2.05, 4.69) is 29.8 Å². The highest BCUT2D eigenvalue weighted by molar-refractivity contribution is 9.10. The van der Waals surface area contributed by atoms with Crippen molar-refractivity contribution >= 4 is 56.2 Å². The second-order valence-corrected chi connectivity index (χ2v) is 11.3. The quantitative estimate of drug-likeness (QED) is 0.180. The van der Waals surface area contributed by atoms with Crippen molar-refractivity contribution < 1.29 is 9.53 Å². The highest BCUT2D eigenvalue weighted by Gasteiger charge is 2.33. The van der Waals surface area contributed by atoms with Crippen LogP contribution in [0.5, 0.6) is 5.75 Å². The van der Waals surface area contributed by atoms with Crippen molar-refractivity contribution in [2.45, 2.75) is 39.5 Å². The molecule has 0 unspecified atom stereocenters. The maximum atomic E-state index is 13.4. The monoisotopic (exact) mass is 583 g/mol. The smallest absolute Gasteiger partial charge is 0.266 e. The van der Waals surface area contributed by atoms with E-state index in [1.807, 2.05) is 65.5 Å². The molecule has 1 aromatic heterocycles. The number of rotatable bonds is 10. The number of thiocarbonyl (C=S) groups is 1. The van der Waals surface area contributed by atoms with Gasteiger partial charge in [-0.2, -0.15) is 5.10 Å². The van der Waals surface area contributed by atoms with Gasteiger partial charge < -0.3 is 4.74 Å². The van der Waals surface area contributed by atoms with E-state index in [0.717, 1.165) is 52.0 Å². The molecule has 188 valence electrons. The van der Waals surface area contributed by atoms with Crippen LogP contribution in [0.2, 0.25) is 0 Å². The minimum absolute atomic E-state index is 0.0192. The fourth-order valence-corrected chi connectivity index (χ4v) is 6.02. The van der Waals surface area contributed by atoms with Crippen LogP contribution in [0, 0.1) is 5.92 Å². The Morgan fingerprint density at radius 3 is 2.64 bits per heavy atom. The summed E-state index contributed by atoms with van der Waals surface area (Å²) >= 11 is 10.6. The molecule has 2 heterocycles. The van der Waals surface area contributed by atoms with Gasteiger partial charge >= 0.3 is 0 Å². The summed E-state index contributed by atoms with van der Waals surface area (Å²) in [6.07, 6.45) is 8.37. The molecule has 1 saturated heterocycles. The van der Waals surface area contributed by atoms with Gasteiger partial charge in [0.1, 0.15) is 15.8 Å². The van der Waals surface area contributed by atoms with Crippen molar-refractivity contribution in [3.8, 4) is 22.7 Å². The Balaban J connectivity index is 1.70. The molecule has 2 aromatic carbocycles. The van der Waals surface area contributed by atoms with E-state index in [-0.39, 0.29) is 5.91 Å². The molecule has 0 saturated carbocycles. The normalized spacial score (nSPS) is 15.7. The fraction of sp³-hybridized carbons (Fsp3) is 0.321. The highest BCUT2D eigenvalue weighted by Crippen LogP contribution is 2.37. The third kappa shape index (κ3) is 5.93. The number of methoxy groups -OCH3 is 1. The minimum atomic E-state index is -0.0192. The van der Waals surface area contributed by atoms with E-state index in [1.54, 1.807) is 12.0 Å². The number of ether oxygens (including phenoxy) is 1. The zero-order valence-electron chi connectivity index (χ0n) is 20.7. The molecule has 1 aliphatic rings. The first-order valence-corrected chi connectivity index (χ1v) is 14.2. The van der Waals surface area contributed by atoms with Crippen molar-refractivity contribution in [1.29, 1.82) is 0 Å². The first kappa shape index (κ1) is 26.6. The van der Waals surface area contributed by atoms with Gasteiger partial charge in [-0.25, -0.2) is 4.68 Å². The molecular formula is C28H30BrN3O2S2. The predicted octanol–water partition coefficient (Wildman–Crippen LogP) is 7.73. The Bertz CT molecular complexity index is 1270. The Hall–Kier alpha value is -2.42.